The molecule has 0 aliphatic carbocycles. The monoisotopic (exact) mass is 270 g/mol. The van der Waals surface area contributed by atoms with Crippen molar-refractivity contribution in [2.75, 3.05) is 19.8 Å². The summed E-state index contributed by atoms with van der Waals surface area (Å²) < 4.78 is 5.51. The lowest BCUT2D eigenvalue weighted by molar-refractivity contribution is 0.111. The molecule has 1 rings (SSSR count). The van der Waals surface area contributed by atoms with Crippen LogP contribution < -0.4 is 5.32 Å². The molecule has 1 N–H and O–H groups in total. The lowest BCUT2D eigenvalue weighted by Gasteiger charge is -2.14. The molecule has 0 aliphatic heterocycles. The second-order valence-corrected chi connectivity index (χ2v) is 6.96. The Hall–Kier alpha value is -0.450. The summed E-state index contributed by atoms with van der Waals surface area (Å²) in [5, 5.41) is 6.68. The minimum atomic E-state index is 0.148. The Balaban J connectivity index is 2.18. The zero-order valence-electron chi connectivity index (χ0n) is 12.2. The van der Waals surface area contributed by atoms with Crippen molar-refractivity contribution in [3.8, 4) is 0 Å². The number of hydrogen-bond donors (Lipinski definition) is 1. The van der Waals surface area contributed by atoms with Gasteiger partial charge in [-0.3, -0.25) is 0 Å². The van der Waals surface area contributed by atoms with Crippen molar-refractivity contribution in [1.29, 1.82) is 0 Å². The zero-order chi connectivity index (χ0) is 13.6. The molecule has 0 radical (unpaired) electrons. The van der Waals surface area contributed by atoms with Crippen LogP contribution in [0, 0.1) is 5.92 Å². The van der Waals surface area contributed by atoms with Gasteiger partial charge in [-0.15, -0.1) is 11.3 Å². The lowest BCUT2D eigenvalue weighted by Crippen LogP contribution is -2.20. The molecule has 0 saturated carbocycles. The maximum Gasteiger partial charge on any atom is 0.107 e. The van der Waals surface area contributed by atoms with Crippen molar-refractivity contribution in [3.05, 3.63) is 16.1 Å². The Morgan fingerprint density at radius 1 is 1.39 bits per heavy atom. The molecule has 1 aromatic rings. The Labute approximate surface area is 115 Å². The first-order valence-electron chi connectivity index (χ1n) is 6.63. The van der Waals surface area contributed by atoms with Gasteiger partial charge in [-0.1, -0.05) is 34.6 Å². The topological polar surface area (TPSA) is 34.1 Å². The quantitative estimate of drug-likeness (QED) is 0.773. The minimum Gasteiger partial charge on any atom is -0.380 e. The summed E-state index contributed by atoms with van der Waals surface area (Å²) in [6, 6.07) is 0. The van der Waals surface area contributed by atoms with Crippen LogP contribution in [0.1, 0.15) is 45.3 Å². The van der Waals surface area contributed by atoms with Gasteiger partial charge in [0.25, 0.3) is 0 Å². The van der Waals surface area contributed by atoms with Crippen molar-refractivity contribution in [1.82, 2.24) is 10.3 Å². The van der Waals surface area contributed by atoms with Crippen LogP contribution in [0.15, 0.2) is 5.38 Å². The van der Waals surface area contributed by atoms with E-state index in [0.29, 0.717) is 5.92 Å². The second kappa shape index (κ2) is 7.22. The number of hydrogen-bond acceptors (Lipinski definition) is 4. The van der Waals surface area contributed by atoms with Crippen LogP contribution in [0.4, 0.5) is 0 Å². The average Bonchev–Trinajstić information content (AvgIpc) is 2.71. The van der Waals surface area contributed by atoms with Crippen molar-refractivity contribution in [3.63, 3.8) is 0 Å². The Morgan fingerprint density at radius 3 is 2.67 bits per heavy atom. The Bertz CT molecular complexity index is 342. The summed E-state index contributed by atoms with van der Waals surface area (Å²) in [4.78, 5) is 4.64. The van der Waals surface area contributed by atoms with E-state index in [4.69, 9.17) is 4.74 Å². The molecule has 0 atom stereocenters. The molecule has 1 heterocycles. The fourth-order valence-electron chi connectivity index (χ4n) is 1.40. The summed E-state index contributed by atoms with van der Waals surface area (Å²) in [7, 11) is 0. The number of thiazole rings is 1. The number of nitrogens with one attached hydrogen (secondary N) is 1. The molecule has 0 bridgehead atoms. The standard InChI is InChI=1S/C14H26N2OS/c1-11(2)9-17-7-6-15-8-13-16-12(10-18-13)14(3,4)5/h10-11,15H,6-9H2,1-5H3. The molecule has 18 heavy (non-hydrogen) atoms. The maximum atomic E-state index is 5.51. The Morgan fingerprint density at radius 2 is 2.11 bits per heavy atom. The molecule has 0 saturated heterocycles. The van der Waals surface area contributed by atoms with E-state index in [0.717, 1.165) is 31.3 Å². The lowest BCUT2D eigenvalue weighted by atomic mass is 9.93. The number of rotatable bonds is 7. The SMILES string of the molecule is CC(C)COCCNCc1nc(C(C)(C)C)cs1. The highest BCUT2D eigenvalue weighted by atomic mass is 32.1. The summed E-state index contributed by atoms with van der Waals surface area (Å²) in [5.74, 6) is 0.610. The fourth-order valence-corrected chi connectivity index (χ4v) is 2.39. The van der Waals surface area contributed by atoms with Crippen LogP contribution >= 0.6 is 11.3 Å². The highest BCUT2D eigenvalue weighted by Gasteiger charge is 2.16. The number of ether oxygens (including phenoxy) is 1. The van der Waals surface area contributed by atoms with Gasteiger partial charge in [0.1, 0.15) is 5.01 Å². The molecule has 4 heteroatoms. The van der Waals surface area contributed by atoms with Gasteiger partial charge in [-0.25, -0.2) is 4.98 Å². The highest BCUT2D eigenvalue weighted by Crippen LogP contribution is 2.23. The molecule has 1 aromatic heterocycles. The average molecular weight is 270 g/mol. The summed E-state index contributed by atoms with van der Waals surface area (Å²) in [6.07, 6.45) is 0. The molecule has 0 aromatic carbocycles. The zero-order valence-corrected chi connectivity index (χ0v) is 13.1. The predicted octanol–water partition coefficient (Wildman–Crippen LogP) is 3.20. The van der Waals surface area contributed by atoms with Crippen molar-refractivity contribution in [2.45, 2.75) is 46.6 Å². The van der Waals surface area contributed by atoms with E-state index < -0.39 is 0 Å². The second-order valence-electron chi connectivity index (χ2n) is 6.02. The fraction of sp³-hybridized carbons (Fsp3) is 0.786. The van der Waals surface area contributed by atoms with Crippen LogP contribution in [0.3, 0.4) is 0 Å². The molecule has 0 fully saturated rings. The maximum absolute atomic E-state index is 5.51. The minimum absolute atomic E-state index is 0.148. The molecule has 0 aliphatic rings. The molecular weight excluding hydrogens is 244 g/mol. The summed E-state index contributed by atoms with van der Waals surface area (Å²) >= 11 is 1.73. The normalized spacial score (nSPS) is 12.3. The van der Waals surface area contributed by atoms with E-state index in [1.165, 1.54) is 5.69 Å². The van der Waals surface area contributed by atoms with E-state index in [9.17, 15) is 0 Å². The molecule has 0 amide bonds. The summed E-state index contributed by atoms with van der Waals surface area (Å²) in [5.41, 5.74) is 1.33. The van der Waals surface area contributed by atoms with E-state index in [-0.39, 0.29) is 5.41 Å². The molecule has 0 spiro atoms. The third-order valence-corrected chi connectivity index (χ3v) is 3.32. The highest BCUT2D eigenvalue weighted by molar-refractivity contribution is 7.09. The van der Waals surface area contributed by atoms with Gasteiger partial charge in [-0.2, -0.15) is 0 Å². The van der Waals surface area contributed by atoms with E-state index >= 15 is 0 Å². The van der Waals surface area contributed by atoms with Gasteiger partial charge < -0.3 is 10.1 Å². The van der Waals surface area contributed by atoms with E-state index in [1.54, 1.807) is 11.3 Å². The largest absolute Gasteiger partial charge is 0.380 e. The molecular formula is C14H26N2OS. The third kappa shape index (κ3) is 5.94. The molecule has 3 nitrogen and oxygen atoms in total. The smallest absolute Gasteiger partial charge is 0.107 e. The summed E-state index contributed by atoms with van der Waals surface area (Å²) in [6.45, 7) is 14.2. The van der Waals surface area contributed by atoms with Crippen LogP contribution in [0.25, 0.3) is 0 Å². The van der Waals surface area contributed by atoms with Gasteiger partial charge in [0.15, 0.2) is 0 Å². The van der Waals surface area contributed by atoms with Crippen LogP contribution in [-0.4, -0.2) is 24.7 Å². The number of aromatic nitrogens is 1. The third-order valence-electron chi connectivity index (χ3n) is 2.47. The van der Waals surface area contributed by atoms with Gasteiger partial charge >= 0.3 is 0 Å². The first kappa shape index (κ1) is 15.6. The first-order chi connectivity index (χ1) is 8.39. The first-order valence-corrected chi connectivity index (χ1v) is 7.51. The van der Waals surface area contributed by atoms with Gasteiger partial charge in [0.2, 0.25) is 0 Å². The van der Waals surface area contributed by atoms with Crippen molar-refractivity contribution in [2.24, 2.45) is 5.92 Å². The molecule has 104 valence electrons. The molecule has 0 unspecified atom stereocenters. The van der Waals surface area contributed by atoms with Crippen molar-refractivity contribution >= 4 is 11.3 Å². The predicted molar refractivity (Wildman–Crippen MR) is 78.2 cm³/mol. The number of nitrogens with zero attached hydrogens (tertiary/aromatic N) is 1. The van der Waals surface area contributed by atoms with E-state index in [1.807, 2.05) is 0 Å². The van der Waals surface area contributed by atoms with Crippen LogP contribution in [0.2, 0.25) is 0 Å². The van der Waals surface area contributed by atoms with Gasteiger partial charge in [-0.05, 0) is 5.92 Å². The van der Waals surface area contributed by atoms with Gasteiger partial charge in [0.05, 0.1) is 12.3 Å². The van der Waals surface area contributed by atoms with E-state index in [2.05, 4.69) is 50.3 Å². The van der Waals surface area contributed by atoms with Crippen LogP contribution in [0.5, 0.6) is 0 Å². The van der Waals surface area contributed by atoms with Crippen molar-refractivity contribution < 1.29 is 4.74 Å². The van der Waals surface area contributed by atoms with Gasteiger partial charge in [0, 0.05) is 30.5 Å². The van der Waals surface area contributed by atoms with Crippen LogP contribution in [-0.2, 0) is 16.7 Å². The Kier molecular flexibility index (Phi) is 6.26.